The van der Waals surface area contributed by atoms with Crippen molar-refractivity contribution >= 4 is 36.5 Å². The van der Waals surface area contributed by atoms with Crippen LogP contribution in [-0.2, 0) is 4.79 Å². The summed E-state index contributed by atoms with van der Waals surface area (Å²) in [5.41, 5.74) is 0. The minimum absolute atomic E-state index is 0. The number of hydrogen-bond acceptors (Lipinski definition) is 3. The van der Waals surface area contributed by atoms with Crippen molar-refractivity contribution in [3.05, 3.63) is 24.4 Å². The second kappa shape index (κ2) is 7.81. The molecule has 2 heterocycles. The lowest BCUT2D eigenvalue weighted by Crippen LogP contribution is -2.40. The number of fused-ring (bicyclic) bond motifs is 1. The Labute approximate surface area is 131 Å². The van der Waals surface area contributed by atoms with Crippen LogP contribution in [0.5, 0.6) is 0 Å². The van der Waals surface area contributed by atoms with Gasteiger partial charge in [-0.1, -0.05) is 18.9 Å². The lowest BCUT2D eigenvalue weighted by atomic mass is 9.85. The summed E-state index contributed by atoms with van der Waals surface area (Å²) < 4.78 is 0. The molecule has 2 aliphatic rings. The van der Waals surface area contributed by atoms with Gasteiger partial charge in [0.25, 0.3) is 0 Å². The quantitative estimate of drug-likeness (QED) is 0.882. The van der Waals surface area contributed by atoms with Crippen LogP contribution in [0.15, 0.2) is 24.4 Å². The molecule has 20 heavy (non-hydrogen) atoms. The Morgan fingerprint density at radius 1 is 1.25 bits per heavy atom. The van der Waals surface area contributed by atoms with E-state index in [0.717, 1.165) is 6.42 Å². The summed E-state index contributed by atoms with van der Waals surface area (Å²) in [6.45, 7) is 0. The molecule has 2 fully saturated rings. The number of pyridine rings is 1. The zero-order chi connectivity index (χ0) is 12.4. The molecule has 1 aromatic rings. The van der Waals surface area contributed by atoms with Crippen LogP contribution in [0.3, 0.4) is 0 Å². The van der Waals surface area contributed by atoms with Crippen LogP contribution in [0.1, 0.15) is 32.1 Å². The highest BCUT2D eigenvalue weighted by Gasteiger charge is 2.38. The van der Waals surface area contributed by atoms with E-state index in [9.17, 15) is 4.79 Å². The number of nitrogens with zero attached hydrogens (tertiary/aromatic N) is 1. The molecule has 4 nitrogen and oxygen atoms in total. The van der Waals surface area contributed by atoms with Gasteiger partial charge in [-0.15, -0.1) is 24.8 Å². The predicted molar refractivity (Wildman–Crippen MR) is 84.6 cm³/mol. The number of nitrogens with one attached hydrogen (secondary N) is 2. The summed E-state index contributed by atoms with van der Waals surface area (Å²) >= 11 is 0. The molecular weight excluding hydrogens is 297 g/mol. The average Bonchev–Trinajstić information content (AvgIpc) is 2.84. The molecule has 0 radical (unpaired) electrons. The highest BCUT2D eigenvalue weighted by Crippen LogP contribution is 2.33. The van der Waals surface area contributed by atoms with Crippen LogP contribution in [0.2, 0.25) is 0 Å². The maximum absolute atomic E-state index is 12.1. The van der Waals surface area contributed by atoms with Crippen LogP contribution in [0.4, 0.5) is 5.82 Å². The predicted octanol–water partition coefficient (Wildman–Crippen LogP) is 2.78. The molecular formula is C14H21Cl2N3O. The Bertz CT molecular complexity index is 416. The van der Waals surface area contributed by atoms with Crippen molar-refractivity contribution in [3.63, 3.8) is 0 Å². The van der Waals surface area contributed by atoms with E-state index in [1.54, 1.807) is 6.20 Å². The van der Waals surface area contributed by atoms with Crippen molar-refractivity contribution in [1.29, 1.82) is 0 Å². The number of carbonyl (C=O) groups is 1. The lowest BCUT2D eigenvalue weighted by molar-refractivity contribution is -0.117. The maximum atomic E-state index is 12.1. The fourth-order valence-corrected chi connectivity index (χ4v) is 3.17. The van der Waals surface area contributed by atoms with Gasteiger partial charge in [0, 0.05) is 12.2 Å². The number of carbonyl (C=O) groups excluding carboxylic acids is 1. The third kappa shape index (κ3) is 3.84. The van der Waals surface area contributed by atoms with Gasteiger partial charge in [-0.3, -0.25) is 4.79 Å². The largest absolute Gasteiger partial charge is 0.309 e. The van der Waals surface area contributed by atoms with E-state index in [-0.39, 0.29) is 36.8 Å². The third-order valence-electron chi connectivity index (χ3n) is 4.10. The molecule has 0 bridgehead atoms. The number of amides is 1. The summed E-state index contributed by atoms with van der Waals surface area (Å²) in [5, 5.41) is 6.35. The third-order valence-corrected chi connectivity index (χ3v) is 4.10. The number of halogens is 2. The number of aromatic nitrogens is 1. The van der Waals surface area contributed by atoms with E-state index in [2.05, 4.69) is 15.6 Å². The smallest absolute Gasteiger partial charge is 0.242 e. The fourth-order valence-electron chi connectivity index (χ4n) is 3.17. The lowest BCUT2D eigenvalue weighted by Gasteiger charge is -2.24. The maximum Gasteiger partial charge on any atom is 0.242 e. The van der Waals surface area contributed by atoms with Crippen molar-refractivity contribution < 1.29 is 4.79 Å². The molecule has 1 amide bonds. The minimum atomic E-state index is -0.0416. The van der Waals surface area contributed by atoms with E-state index in [1.165, 1.54) is 25.7 Å². The second-order valence-electron chi connectivity index (χ2n) is 5.31. The molecule has 3 unspecified atom stereocenters. The first-order valence-electron chi connectivity index (χ1n) is 6.81. The van der Waals surface area contributed by atoms with Gasteiger partial charge in [0.15, 0.2) is 0 Å². The van der Waals surface area contributed by atoms with Crippen LogP contribution in [0, 0.1) is 5.92 Å². The van der Waals surface area contributed by atoms with Crippen LogP contribution in [-0.4, -0.2) is 23.0 Å². The number of rotatable bonds is 2. The first-order valence-corrected chi connectivity index (χ1v) is 6.81. The monoisotopic (exact) mass is 317 g/mol. The molecule has 0 spiro atoms. The van der Waals surface area contributed by atoms with E-state index in [1.807, 2.05) is 18.2 Å². The fraction of sp³-hybridized carbons (Fsp3) is 0.571. The normalized spacial score (nSPS) is 27.7. The van der Waals surface area contributed by atoms with Crippen molar-refractivity contribution in [3.8, 4) is 0 Å². The molecule has 1 aromatic heterocycles. The van der Waals surface area contributed by atoms with Crippen LogP contribution >= 0.6 is 24.8 Å². The van der Waals surface area contributed by atoms with Crippen molar-refractivity contribution in [2.24, 2.45) is 5.92 Å². The van der Waals surface area contributed by atoms with Crippen molar-refractivity contribution in [2.75, 3.05) is 5.32 Å². The van der Waals surface area contributed by atoms with E-state index >= 15 is 0 Å². The Hall–Kier alpha value is -0.840. The Morgan fingerprint density at radius 2 is 2.05 bits per heavy atom. The van der Waals surface area contributed by atoms with Gasteiger partial charge in [-0.25, -0.2) is 4.98 Å². The first-order chi connectivity index (χ1) is 8.83. The first kappa shape index (κ1) is 17.2. The minimum Gasteiger partial charge on any atom is -0.309 e. The summed E-state index contributed by atoms with van der Waals surface area (Å²) in [6.07, 6.45) is 7.77. The molecule has 1 saturated carbocycles. The number of hydrogen-bond donors (Lipinski definition) is 2. The van der Waals surface area contributed by atoms with Crippen LogP contribution < -0.4 is 10.6 Å². The van der Waals surface area contributed by atoms with Gasteiger partial charge in [-0.05, 0) is 37.3 Å². The molecule has 1 saturated heterocycles. The van der Waals surface area contributed by atoms with E-state index < -0.39 is 0 Å². The molecule has 112 valence electrons. The van der Waals surface area contributed by atoms with Gasteiger partial charge in [0.1, 0.15) is 5.82 Å². The number of anilines is 1. The van der Waals surface area contributed by atoms with E-state index in [4.69, 9.17) is 0 Å². The SMILES string of the molecule is Cl.Cl.O=C(Nc1ccccn1)C1CC2CCCCC2N1. The standard InChI is InChI=1S/C14H19N3O.2ClH/c18-14(17-13-7-3-4-8-15-13)12-9-10-5-1-2-6-11(10)16-12;;/h3-4,7-8,10-12,16H,1-2,5-6,9H2,(H,15,17,18);2*1H. The summed E-state index contributed by atoms with van der Waals surface area (Å²) in [6, 6.07) is 6.06. The molecule has 1 aliphatic carbocycles. The molecule has 3 rings (SSSR count). The molecule has 2 N–H and O–H groups in total. The van der Waals surface area contributed by atoms with Gasteiger partial charge < -0.3 is 10.6 Å². The topological polar surface area (TPSA) is 54.0 Å². The Kier molecular flexibility index (Phi) is 6.72. The van der Waals surface area contributed by atoms with Gasteiger partial charge >= 0.3 is 0 Å². The van der Waals surface area contributed by atoms with Gasteiger partial charge in [0.2, 0.25) is 5.91 Å². The highest BCUT2D eigenvalue weighted by molar-refractivity contribution is 5.94. The summed E-state index contributed by atoms with van der Waals surface area (Å²) in [4.78, 5) is 16.3. The molecule has 1 aliphatic heterocycles. The van der Waals surface area contributed by atoms with Crippen LogP contribution in [0.25, 0.3) is 0 Å². The highest BCUT2D eigenvalue weighted by atomic mass is 35.5. The van der Waals surface area contributed by atoms with Crippen molar-refractivity contribution in [1.82, 2.24) is 10.3 Å². The Morgan fingerprint density at radius 3 is 2.75 bits per heavy atom. The molecule has 0 aromatic carbocycles. The zero-order valence-corrected chi connectivity index (χ0v) is 12.9. The summed E-state index contributed by atoms with van der Waals surface area (Å²) in [5.74, 6) is 1.39. The van der Waals surface area contributed by atoms with Crippen molar-refractivity contribution in [2.45, 2.75) is 44.2 Å². The molecule has 3 atom stereocenters. The Balaban J connectivity index is 0.000001000. The summed E-state index contributed by atoms with van der Waals surface area (Å²) in [7, 11) is 0. The van der Waals surface area contributed by atoms with Gasteiger partial charge in [0.05, 0.1) is 6.04 Å². The van der Waals surface area contributed by atoms with E-state index in [0.29, 0.717) is 17.8 Å². The van der Waals surface area contributed by atoms with Gasteiger partial charge in [-0.2, -0.15) is 0 Å². The second-order valence-corrected chi connectivity index (χ2v) is 5.31. The average molecular weight is 318 g/mol. The zero-order valence-electron chi connectivity index (χ0n) is 11.2. The molecule has 6 heteroatoms.